The molecule has 0 bridgehead atoms. The Morgan fingerprint density at radius 1 is 0.929 bits per heavy atom. The Morgan fingerprint density at radius 3 is 2.04 bits per heavy atom. The van der Waals surface area contributed by atoms with Crippen molar-refractivity contribution in [3.05, 3.63) is 65.2 Å². The monoisotopic (exact) mass is 382 g/mol. The van der Waals surface area contributed by atoms with Crippen molar-refractivity contribution in [2.24, 2.45) is 0 Å². The predicted molar refractivity (Wildman–Crippen MR) is 112 cm³/mol. The average molecular weight is 383 g/mol. The molecular weight excluding hydrogens is 352 g/mol. The Morgan fingerprint density at radius 2 is 1.50 bits per heavy atom. The molecule has 28 heavy (non-hydrogen) atoms. The third kappa shape index (κ3) is 4.37. The molecule has 0 aliphatic carbocycles. The molecule has 0 unspecified atom stereocenters. The van der Waals surface area contributed by atoms with Gasteiger partial charge in [0.1, 0.15) is 0 Å². The molecule has 1 fully saturated rings. The van der Waals surface area contributed by atoms with Crippen LogP contribution in [0, 0.1) is 0 Å². The van der Waals surface area contributed by atoms with Gasteiger partial charge >= 0.3 is 6.03 Å². The number of rotatable bonds is 6. The lowest BCUT2D eigenvalue weighted by atomic mass is 9.93. The van der Waals surface area contributed by atoms with Crippen molar-refractivity contribution in [2.45, 2.75) is 45.3 Å². The first kappa shape index (κ1) is 20.4. The van der Waals surface area contributed by atoms with Crippen molar-refractivity contribution in [2.75, 3.05) is 25.1 Å². The smallest absolute Gasteiger partial charge is 0.319 e. The number of hydrogen-bond acceptors (Lipinski definition) is 3. The van der Waals surface area contributed by atoms with Crippen LogP contribution in [0.5, 0.6) is 0 Å². The molecule has 2 aromatic rings. The van der Waals surface area contributed by atoms with Crippen LogP contribution < -0.4 is 10.6 Å². The van der Waals surface area contributed by atoms with E-state index in [-0.39, 0.29) is 12.6 Å². The highest BCUT2D eigenvalue weighted by Gasteiger charge is 2.39. The zero-order valence-electron chi connectivity index (χ0n) is 17.1. The van der Waals surface area contributed by atoms with Crippen LogP contribution in [0.15, 0.2) is 48.5 Å². The summed E-state index contributed by atoms with van der Waals surface area (Å²) in [5.41, 5.74) is 4.06. The zero-order chi connectivity index (χ0) is 20.1. The first-order chi connectivity index (χ1) is 13.4. The molecule has 0 spiro atoms. The molecule has 1 heterocycles. The molecule has 5 nitrogen and oxygen atoms in total. The average Bonchev–Trinajstić information content (AvgIpc) is 3.17. The van der Waals surface area contributed by atoms with Crippen molar-refractivity contribution in [3.8, 4) is 0 Å². The van der Waals surface area contributed by atoms with E-state index >= 15 is 0 Å². The molecule has 1 saturated heterocycles. The van der Waals surface area contributed by atoms with Gasteiger partial charge in [0.05, 0.1) is 19.8 Å². The maximum atomic E-state index is 12.8. The van der Waals surface area contributed by atoms with Gasteiger partial charge in [-0.3, -0.25) is 0 Å². The fraction of sp³-hybridized carbons (Fsp3) is 0.435. The first-order valence-corrected chi connectivity index (χ1v) is 9.94. The Hall–Kier alpha value is -2.37. The number of ether oxygens (including phenoxy) is 2. The highest BCUT2D eigenvalue weighted by atomic mass is 16.7. The number of amides is 2. The second-order valence-electron chi connectivity index (χ2n) is 7.74. The minimum absolute atomic E-state index is 0.240. The van der Waals surface area contributed by atoms with Crippen LogP contribution in [0.1, 0.15) is 56.2 Å². The molecule has 1 aliphatic heterocycles. The van der Waals surface area contributed by atoms with E-state index in [4.69, 9.17) is 9.47 Å². The predicted octanol–water partition coefficient (Wildman–Crippen LogP) is 4.95. The van der Waals surface area contributed by atoms with Crippen LogP contribution in [0.25, 0.3) is 0 Å². The number of hydrogen-bond donors (Lipinski definition) is 2. The van der Waals surface area contributed by atoms with E-state index < -0.39 is 5.79 Å². The lowest BCUT2D eigenvalue weighted by Gasteiger charge is -2.28. The van der Waals surface area contributed by atoms with E-state index in [1.165, 1.54) is 0 Å². The lowest BCUT2D eigenvalue weighted by Crippen LogP contribution is -2.43. The van der Waals surface area contributed by atoms with Gasteiger partial charge in [-0.2, -0.15) is 0 Å². The molecule has 3 rings (SSSR count). The Bertz CT molecular complexity index is 770. The number of carbonyl (C=O) groups is 1. The molecule has 0 saturated carbocycles. The highest BCUT2D eigenvalue weighted by molar-refractivity contribution is 5.91. The van der Waals surface area contributed by atoms with Gasteiger partial charge in [0, 0.05) is 11.3 Å². The molecular formula is C23H30N2O3. The van der Waals surface area contributed by atoms with Crippen molar-refractivity contribution < 1.29 is 14.3 Å². The number of anilines is 1. The minimum Gasteiger partial charge on any atom is -0.342 e. The van der Waals surface area contributed by atoms with Crippen LogP contribution in [-0.4, -0.2) is 25.8 Å². The number of carbonyl (C=O) groups excluding carboxylic acids is 1. The SMILES string of the molecule is CC(C)c1cccc(C(C)C)c1NC(=O)NCC1(c2ccccc2)OCCO1. The summed E-state index contributed by atoms with van der Waals surface area (Å²) < 4.78 is 11.8. The van der Waals surface area contributed by atoms with E-state index in [1.807, 2.05) is 30.3 Å². The second-order valence-corrected chi connectivity index (χ2v) is 7.74. The topological polar surface area (TPSA) is 59.6 Å². The molecule has 5 heteroatoms. The van der Waals surface area contributed by atoms with Crippen molar-refractivity contribution in [1.82, 2.24) is 5.32 Å². The normalized spacial score (nSPS) is 15.8. The van der Waals surface area contributed by atoms with Gasteiger partial charge in [0.25, 0.3) is 0 Å². The molecule has 2 aromatic carbocycles. The molecule has 1 aliphatic rings. The van der Waals surface area contributed by atoms with Crippen LogP contribution in [0.4, 0.5) is 10.5 Å². The van der Waals surface area contributed by atoms with Crippen molar-refractivity contribution in [3.63, 3.8) is 0 Å². The van der Waals surface area contributed by atoms with Crippen LogP contribution in [-0.2, 0) is 15.3 Å². The van der Waals surface area contributed by atoms with Gasteiger partial charge in [-0.05, 0) is 23.0 Å². The van der Waals surface area contributed by atoms with E-state index in [0.717, 1.165) is 22.4 Å². The summed E-state index contributed by atoms with van der Waals surface area (Å²) in [7, 11) is 0. The molecule has 0 radical (unpaired) electrons. The largest absolute Gasteiger partial charge is 0.342 e. The van der Waals surface area contributed by atoms with Crippen LogP contribution >= 0.6 is 0 Å². The zero-order valence-corrected chi connectivity index (χ0v) is 17.1. The van der Waals surface area contributed by atoms with E-state index in [1.54, 1.807) is 0 Å². The van der Waals surface area contributed by atoms with Gasteiger partial charge in [-0.1, -0.05) is 76.2 Å². The summed E-state index contributed by atoms with van der Waals surface area (Å²) in [6.07, 6.45) is 0. The van der Waals surface area contributed by atoms with Crippen LogP contribution in [0.2, 0.25) is 0 Å². The molecule has 0 atom stereocenters. The van der Waals surface area contributed by atoms with E-state index in [2.05, 4.69) is 56.5 Å². The van der Waals surface area contributed by atoms with Gasteiger partial charge in [-0.15, -0.1) is 0 Å². The maximum absolute atomic E-state index is 12.8. The summed E-state index contributed by atoms with van der Waals surface area (Å²) in [6, 6.07) is 15.7. The maximum Gasteiger partial charge on any atom is 0.319 e. The number of benzene rings is 2. The fourth-order valence-electron chi connectivity index (χ4n) is 3.57. The van der Waals surface area contributed by atoms with Crippen LogP contribution in [0.3, 0.4) is 0 Å². The summed E-state index contributed by atoms with van der Waals surface area (Å²) >= 11 is 0. The van der Waals surface area contributed by atoms with Gasteiger partial charge in [0.2, 0.25) is 5.79 Å². The minimum atomic E-state index is -0.933. The van der Waals surface area contributed by atoms with E-state index in [0.29, 0.717) is 25.0 Å². The molecule has 150 valence electrons. The standard InChI is InChI=1S/C23H30N2O3/c1-16(2)19-11-8-12-20(17(3)4)21(19)25-22(26)24-15-23(27-13-14-28-23)18-9-6-5-7-10-18/h5-12,16-17H,13-15H2,1-4H3,(H2,24,25,26). The lowest BCUT2D eigenvalue weighted by molar-refractivity contribution is -0.160. The second kappa shape index (κ2) is 8.76. The Balaban J connectivity index is 1.76. The molecule has 0 aromatic heterocycles. The van der Waals surface area contributed by atoms with Gasteiger partial charge < -0.3 is 20.1 Å². The highest BCUT2D eigenvalue weighted by Crippen LogP contribution is 2.33. The van der Waals surface area contributed by atoms with Crippen molar-refractivity contribution >= 4 is 11.7 Å². The Labute approximate surface area is 167 Å². The number of nitrogens with one attached hydrogen (secondary N) is 2. The summed E-state index contributed by atoms with van der Waals surface area (Å²) in [5, 5.41) is 6.02. The summed E-state index contributed by atoms with van der Waals surface area (Å²) in [5.74, 6) is -0.311. The van der Waals surface area contributed by atoms with E-state index in [9.17, 15) is 4.79 Å². The third-order valence-corrected chi connectivity index (χ3v) is 5.06. The molecule has 2 N–H and O–H groups in total. The van der Waals surface area contributed by atoms with Gasteiger partial charge in [0.15, 0.2) is 0 Å². The first-order valence-electron chi connectivity index (χ1n) is 9.94. The fourth-order valence-corrected chi connectivity index (χ4v) is 3.57. The van der Waals surface area contributed by atoms with Crippen molar-refractivity contribution in [1.29, 1.82) is 0 Å². The Kier molecular flexibility index (Phi) is 6.37. The quantitative estimate of drug-likeness (QED) is 0.743. The third-order valence-electron chi connectivity index (χ3n) is 5.06. The summed E-state index contributed by atoms with van der Waals surface area (Å²) in [4.78, 5) is 12.8. The molecule has 2 amide bonds. The number of para-hydroxylation sites is 1. The number of urea groups is 1. The summed E-state index contributed by atoms with van der Waals surface area (Å²) in [6.45, 7) is 9.78. The van der Waals surface area contributed by atoms with Gasteiger partial charge in [-0.25, -0.2) is 4.79 Å².